The lowest BCUT2D eigenvalue weighted by molar-refractivity contribution is 0.202. The van der Waals surface area contributed by atoms with Crippen molar-refractivity contribution in [3.63, 3.8) is 0 Å². The van der Waals surface area contributed by atoms with Crippen LogP contribution in [0.5, 0.6) is 0 Å². The van der Waals surface area contributed by atoms with Crippen molar-refractivity contribution in [3.05, 3.63) is 6.07 Å². The number of methoxy groups -OCH3 is 1. The number of nitrogens with zero attached hydrogens (tertiary/aromatic N) is 3. The molecule has 1 rings (SSSR count). The fourth-order valence-electron chi connectivity index (χ4n) is 1.46. The van der Waals surface area contributed by atoms with E-state index in [1.54, 1.807) is 7.11 Å². The van der Waals surface area contributed by atoms with E-state index in [1.807, 2.05) is 24.3 Å². The minimum absolute atomic E-state index is 0.0806. The first kappa shape index (κ1) is 15.0. The van der Waals surface area contributed by atoms with E-state index in [2.05, 4.69) is 15.3 Å². The maximum atomic E-state index is 9.10. The quantitative estimate of drug-likeness (QED) is 0.533. The Morgan fingerprint density at radius 1 is 1.44 bits per heavy atom. The number of hydrogen-bond acceptors (Lipinski definition) is 7. The van der Waals surface area contributed by atoms with Crippen molar-refractivity contribution in [3.8, 4) is 0 Å². The summed E-state index contributed by atoms with van der Waals surface area (Å²) in [6, 6.07) is 1.87. The molecule has 0 aliphatic heterocycles. The third kappa shape index (κ3) is 4.32. The van der Waals surface area contributed by atoms with Crippen LogP contribution in [0, 0.1) is 0 Å². The lowest BCUT2D eigenvalue weighted by Gasteiger charge is -2.23. The van der Waals surface area contributed by atoms with Gasteiger partial charge in [-0.15, -0.1) is 0 Å². The minimum Gasteiger partial charge on any atom is -0.395 e. The van der Waals surface area contributed by atoms with Crippen LogP contribution in [0.25, 0.3) is 0 Å². The lowest BCUT2D eigenvalue weighted by atomic mass is 10.4. The van der Waals surface area contributed by atoms with E-state index >= 15 is 0 Å². The zero-order chi connectivity index (χ0) is 13.4. The Kier molecular flexibility index (Phi) is 6.77. The van der Waals surface area contributed by atoms with Gasteiger partial charge in [0.2, 0.25) is 0 Å². The number of anilines is 2. The normalized spacial score (nSPS) is 10.4. The van der Waals surface area contributed by atoms with Crippen LogP contribution in [-0.2, 0) is 4.74 Å². The van der Waals surface area contributed by atoms with Gasteiger partial charge in [-0.2, -0.15) is 0 Å². The van der Waals surface area contributed by atoms with E-state index < -0.39 is 0 Å². The molecule has 1 heterocycles. The number of aliphatic hydroxyl groups excluding tert-OH is 1. The molecule has 0 aromatic carbocycles. The molecule has 7 heteroatoms. The second kappa shape index (κ2) is 8.12. The molecule has 6 nitrogen and oxygen atoms in total. The standard InChI is InChI=1S/C11H20N4O2S/c1-12-9-8-10(14-11(13-9)18-3)15(4-6-16)5-7-17-2/h8,16H,4-7H2,1-3H3,(H,12,13,14). The number of aliphatic hydroxyl groups is 1. The van der Waals surface area contributed by atoms with E-state index in [0.717, 1.165) is 11.6 Å². The van der Waals surface area contributed by atoms with E-state index in [4.69, 9.17) is 9.84 Å². The SMILES string of the molecule is CNc1cc(N(CCO)CCOC)nc(SC)n1. The van der Waals surface area contributed by atoms with Gasteiger partial charge in [-0.3, -0.25) is 0 Å². The number of ether oxygens (including phenoxy) is 1. The first-order valence-electron chi connectivity index (χ1n) is 5.70. The molecule has 0 amide bonds. The Hall–Kier alpha value is -1.05. The first-order valence-corrected chi connectivity index (χ1v) is 6.93. The molecule has 1 aromatic heterocycles. The van der Waals surface area contributed by atoms with Gasteiger partial charge in [0.1, 0.15) is 11.6 Å². The molecule has 0 spiro atoms. The van der Waals surface area contributed by atoms with Crippen LogP contribution in [0.2, 0.25) is 0 Å². The van der Waals surface area contributed by atoms with Gasteiger partial charge >= 0.3 is 0 Å². The van der Waals surface area contributed by atoms with Gasteiger partial charge < -0.3 is 20.1 Å². The Morgan fingerprint density at radius 3 is 2.78 bits per heavy atom. The molecule has 0 unspecified atom stereocenters. The molecule has 0 aliphatic rings. The Balaban J connectivity index is 2.93. The Morgan fingerprint density at radius 2 is 2.22 bits per heavy atom. The highest BCUT2D eigenvalue weighted by Gasteiger charge is 2.10. The minimum atomic E-state index is 0.0806. The molecule has 0 saturated carbocycles. The second-order valence-corrected chi connectivity index (χ2v) is 4.32. The maximum absolute atomic E-state index is 9.10. The monoisotopic (exact) mass is 272 g/mol. The smallest absolute Gasteiger partial charge is 0.191 e. The molecule has 0 bridgehead atoms. The topological polar surface area (TPSA) is 70.5 Å². The molecular formula is C11H20N4O2S. The number of thioether (sulfide) groups is 1. The van der Waals surface area contributed by atoms with Crippen molar-refractivity contribution < 1.29 is 9.84 Å². The summed E-state index contributed by atoms with van der Waals surface area (Å²) in [5.41, 5.74) is 0. The fourth-order valence-corrected chi connectivity index (χ4v) is 1.83. The largest absolute Gasteiger partial charge is 0.395 e. The number of aromatic nitrogens is 2. The third-order valence-electron chi connectivity index (χ3n) is 2.39. The molecule has 0 fully saturated rings. The van der Waals surface area contributed by atoms with E-state index in [9.17, 15) is 0 Å². The predicted molar refractivity (Wildman–Crippen MR) is 74.5 cm³/mol. The second-order valence-electron chi connectivity index (χ2n) is 3.55. The number of rotatable bonds is 8. The van der Waals surface area contributed by atoms with Crippen LogP contribution in [0.3, 0.4) is 0 Å². The molecule has 0 radical (unpaired) electrons. The predicted octanol–water partition coefficient (Wildman–Crippen LogP) is 0.685. The van der Waals surface area contributed by atoms with E-state index in [0.29, 0.717) is 24.9 Å². The summed E-state index contributed by atoms with van der Waals surface area (Å²) in [7, 11) is 3.48. The van der Waals surface area contributed by atoms with Crippen molar-refractivity contribution in [2.75, 3.05) is 56.9 Å². The number of hydrogen-bond donors (Lipinski definition) is 2. The van der Waals surface area contributed by atoms with Crippen LogP contribution in [0.4, 0.5) is 11.6 Å². The van der Waals surface area contributed by atoms with Gasteiger partial charge in [0.25, 0.3) is 0 Å². The lowest BCUT2D eigenvalue weighted by Crippen LogP contribution is -2.31. The van der Waals surface area contributed by atoms with Crippen LogP contribution in [-0.4, -0.2) is 61.8 Å². The molecule has 0 atom stereocenters. The summed E-state index contributed by atoms with van der Waals surface area (Å²) < 4.78 is 5.07. The summed E-state index contributed by atoms with van der Waals surface area (Å²) in [5.74, 6) is 1.56. The highest BCUT2D eigenvalue weighted by molar-refractivity contribution is 7.98. The van der Waals surface area contributed by atoms with Gasteiger partial charge in [-0.25, -0.2) is 9.97 Å². The zero-order valence-electron chi connectivity index (χ0n) is 11.0. The first-order chi connectivity index (χ1) is 8.74. The van der Waals surface area contributed by atoms with E-state index in [-0.39, 0.29) is 6.61 Å². The fraction of sp³-hybridized carbons (Fsp3) is 0.636. The molecule has 2 N–H and O–H groups in total. The molecule has 102 valence electrons. The average Bonchev–Trinajstić information content (AvgIpc) is 2.42. The van der Waals surface area contributed by atoms with Crippen molar-refractivity contribution in [1.82, 2.24) is 9.97 Å². The van der Waals surface area contributed by atoms with Crippen molar-refractivity contribution in [1.29, 1.82) is 0 Å². The van der Waals surface area contributed by atoms with Crippen molar-refractivity contribution >= 4 is 23.4 Å². The summed E-state index contributed by atoms with van der Waals surface area (Å²) >= 11 is 1.49. The average molecular weight is 272 g/mol. The summed E-state index contributed by atoms with van der Waals surface area (Å²) in [6.45, 7) is 1.88. The van der Waals surface area contributed by atoms with Gasteiger partial charge in [0.05, 0.1) is 13.2 Å². The van der Waals surface area contributed by atoms with Crippen LogP contribution < -0.4 is 10.2 Å². The number of nitrogens with one attached hydrogen (secondary N) is 1. The highest BCUT2D eigenvalue weighted by atomic mass is 32.2. The zero-order valence-corrected chi connectivity index (χ0v) is 11.8. The van der Waals surface area contributed by atoms with Gasteiger partial charge in [0, 0.05) is 33.3 Å². The molecule has 0 aliphatic carbocycles. The molecular weight excluding hydrogens is 252 g/mol. The summed E-state index contributed by atoms with van der Waals surface area (Å²) in [6.07, 6.45) is 1.93. The van der Waals surface area contributed by atoms with Gasteiger partial charge in [-0.1, -0.05) is 11.8 Å². The summed E-state index contributed by atoms with van der Waals surface area (Å²) in [4.78, 5) is 10.7. The Labute approximate surface area is 112 Å². The third-order valence-corrected chi connectivity index (χ3v) is 2.94. The van der Waals surface area contributed by atoms with Crippen molar-refractivity contribution in [2.24, 2.45) is 0 Å². The van der Waals surface area contributed by atoms with Crippen LogP contribution in [0.1, 0.15) is 0 Å². The summed E-state index contributed by atoms with van der Waals surface area (Å²) in [5, 5.41) is 12.8. The van der Waals surface area contributed by atoms with Crippen molar-refractivity contribution in [2.45, 2.75) is 5.16 Å². The van der Waals surface area contributed by atoms with Crippen LogP contribution >= 0.6 is 11.8 Å². The molecule has 18 heavy (non-hydrogen) atoms. The van der Waals surface area contributed by atoms with Gasteiger partial charge in [-0.05, 0) is 6.26 Å². The van der Waals surface area contributed by atoms with E-state index in [1.165, 1.54) is 11.8 Å². The molecule has 0 saturated heterocycles. The van der Waals surface area contributed by atoms with Gasteiger partial charge in [0.15, 0.2) is 5.16 Å². The highest BCUT2D eigenvalue weighted by Crippen LogP contribution is 2.19. The molecule has 1 aromatic rings. The maximum Gasteiger partial charge on any atom is 0.191 e. The van der Waals surface area contributed by atoms with Crippen LogP contribution in [0.15, 0.2) is 11.2 Å². The Bertz CT molecular complexity index is 343.